The lowest BCUT2D eigenvalue weighted by Crippen LogP contribution is -2.34. The lowest BCUT2D eigenvalue weighted by Gasteiger charge is -2.32. The van der Waals surface area contributed by atoms with Gasteiger partial charge >= 0.3 is 5.97 Å². The largest absolute Gasteiger partial charge is 0.452 e. The van der Waals surface area contributed by atoms with Gasteiger partial charge in [-0.3, -0.25) is 14.9 Å². The van der Waals surface area contributed by atoms with E-state index >= 15 is 0 Å². The lowest BCUT2D eigenvalue weighted by atomic mass is 9.99. The van der Waals surface area contributed by atoms with Crippen molar-refractivity contribution in [3.63, 3.8) is 0 Å². The fourth-order valence-corrected chi connectivity index (χ4v) is 4.92. The molecular formula is C30H34N4O5. The molecule has 0 saturated carbocycles. The number of amides is 1. The van der Waals surface area contributed by atoms with Crippen LogP contribution in [0.1, 0.15) is 44.0 Å². The Bertz CT molecular complexity index is 1310. The van der Waals surface area contributed by atoms with Crippen LogP contribution in [0.5, 0.6) is 0 Å². The number of carbonyl (C=O) groups excluding carboxylic acids is 2. The van der Waals surface area contributed by atoms with Crippen molar-refractivity contribution in [3.05, 3.63) is 88.5 Å². The average molecular weight is 531 g/mol. The number of hydrogen-bond acceptors (Lipinski definition) is 7. The summed E-state index contributed by atoms with van der Waals surface area (Å²) in [4.78, 5) is 40.5. The van der Waals surface area contributed by atoms with Crippen LogP contribution in [0, 0.1) is 16.0 Å². The standard InChI is InChI=1S/C30H34N4O5/c1-21(2)33(25-9-5-4-6-10-25)26-14-12-24(13-15-26)31-29(35)20-39-30(36)23-11-16-27(28(18-23)34(37)38)32-17-7-8-22(3)19-32/h4-6,9-16,18,21-22H,7-8,17,19-20H2,1-3H3,(H,31,35)/t22-/m0/s1. The van der Waals surface area contributed by atoms with E-state index in [-0.39, 0.29) is 17.3 Å². The van der Waals surface area contributed by atoms with Crippen molar-refractivity contribution in [1.29, 1.82) is 0 Å². The van der Waals surface area contributed by atoms with E-state index in [0.717, 1.165) is 37.3 Å². The van der Waals surface area contributed by atoms with Gasteiger partial charge in [-0.25, -0.2) is 4.79 Å². The number of rotatable bonds is 9. The third-order valence-electron chi connectivity index (χ3n) is 6.72. The molecule has 0 bridgehead atoms. The molecule has 3 aromatic rings. The number of piperidine rings is 1. The van der Waals surface area contributed by atoms with Gasteiger partial charge in [0.25, 0.3) is 11.6 Å². The molecule has 3 aromatic carbocycles. The van der Waals surface area contributed by atoms with Crippen molar-refractivity contribution in [1.82, 2.24) is 0 Å². The Morgan fingerprint density at radius 2 is 1.77 bits per heavy atom. The molecule has 1 atom stereocenters. The van der Waals surface area contributed by atoms with E-state index < -0.39 is 23.4 Å². The van der Waals surface area contributed by atoms with Crippen LogP contribution in [0.3, 0.4) is 0 Å². The van der Waals surface area contributed by atoms with Crippen molar-refractivity contribution in [2.45, 2.75) is 39.7 Å². The Kier molecular flexibility index (Phi) is 8.81. The van der Waals surface area contributed by atoms with Crippen LogP contribution in [0.4, 0.5) is 28.4 Å². The number of ether oxygens (including phenoxy) is 1. The number of carbonyl (C=O) groups is 2. The van der Waals surface area contributed by atoms with Crippen molar-refractivity contribution < 1.29 is 19.2 Å². The molecule has 1 heterocycles. The molecule has 1 saturated heterocycles. The van der Waals surface area contributed by atoms with Gasteiger partial charge in [-0.15, -0.1) is 0 Å². The Hall–Kier alpha value is -4.40. The fourth-order valence-electron chi connectivity index (χ4n) is 4.92. The predicted molar refractivity (Wildman–Crippen MR) is 153 cm³/mol. The predicted octanol–water partition coefficient (Wildman–Crippen LogP) is 6.17. The first kappa shape index (κ1) is 27.6. The quantitative estimate of drug-likeness (QED) is 0.200. The molecule has 0 radical (unpaired) electrons. The zero-order valence-corrected chi connectivity index (χ0v) is 22.5. The molecule has 1 fully saturated rings. The SMILES string of the molecule is CC(C)N(c1ccccc1)c1ccc(NC(=O)COC(=O)c2ccc(N3CCC[C@H](C)C3)c([N+](=O)[O-])c2)cc1. The van der Waals surface area contributed by atoms with Crippen molar-refractivity contribution in [2.24, 2.45) is 5.92 Å². The second-order valence-corrected chi connectivity index (χ2v) is 10.1. The van der Waals surface area contributed by atoms with Crippen LogP contribution < -0.4 is 15.1 Å². The molecule has 0 aromatic heterocycles. The average Bonchev–Trinajstić information content (AvgIpc) is 2.93. The van der Waals surface area contributed by atoms with Crippen LogP contribution in [-0.4, -0.2) is 42.5 Å². The highest BCUT2D eigenvalue weighted by Crippen LogP contribution is 2.33. The first-order valence-corrected chi connectivity index (χ1v) is 13.2. The van der Waals surface area contributed by atoms with E-state index in [0.29, 0.717) is 17.3 Å². The van der Waals surface area contributed by atoms with Crippen LogP contribution in [0.2, 0.25) is 0 Å². The number of para-hydroxylation sites is 1. The van der Waals surface area contributed by atoms with E-state index in [1.165, 1.54) is 12.1 Å². The van der Waals surface area contributed by atoms with Gasteiger partial charge in [0.1, 0.15) is 5.69 Å². The molecule has 0 spiro atoms. The minimum atomic E-state index is -0.794. The van der Waals surface area contributed by atoms with Crippen molar-refractivity contribution >= 4 is 40.3 Å². The normalized spacial score (nSPS) is 15.1. The summed E-state index contributed by atoms with van der Waals surface area (Å²) in [5.41, 5.74) is 2.98. The maximum atomic E-state index is 12.6. The minimum Gasteiger partial charge on any atom is -0.452 e. The highest BCUT2D eigenvalue weighted by atomic mass is 16.6. The molecular weight excluding hydrogens is 496 g/mol. The Balaban J connectivity index is 1.36. The van der Waals surface area contributed by atoms with Crippen LogP contribution in [0.25, 0.3) is 0 Å². The number of anilines is 4. The Labute approximate surface area is 228 Å². The summed E-state index contributed by atoms with van der Waals surface area (Å²) in [6, 6.07) is 22.0. The molecule has 9 heteroatoms. The number of nitrogens with one attached hydrogen (secondary N) is 1. The summed E-state index contributed by atoms with van der Waals surface area (Å²) >= 11 is 0. The molecule has 9 nitrogen and oxygen atoms in total. The minimum absolute atomic E-state index is 0.0300. The van der Waals surface area contributed by atoms with Crippen molar-refractivity contribution in [2.75, 3.05) is 34.8 Å². The van der Waals surface area contributed by atoms with E-state index in [2.05, 4.69) is 31.0 Å². The highest BCUT2D eigenvalue weighted by molar-refractivity contribution is 5.96. The van der Waals surface area contributed by atoms with E-state index in [1.54, 1.807) is 18.2 Å². The third-order valence-corrected chi connectivity index (χ3v) is 6.72. The summed E-state index contributed by atoms with van der Waals surface area (Å²) in [6.07, 6.45) is 2.05. The Morgan fingerprint density at radius 3 is 2.41 bits per heavy atom. The van der Waals surface area contributed by atoms with Gasteiger partial charge in [-0.2, -0.15) is 0 Å². The monoisotopic (exact) mass is 530 g/mol. The van der Waals surface area contributed by atoms with Gasteiger partial charge in [-0.1, -0.05) is 25.1 Å². The first-order valence-electron chi connectivity index (χ1n) is 13.2. The molecule has 1 aliphatic heterocycles. The fraction of sp³-hybridized carbons (Fsp3) is 0.333. The number of hydrogen-bond donors (Lipinski definition) is 1. The second-order valence-electron chi connectivity index (χ2n) is 10.1. The molecule has 1 aliphatic rings. The number of nitro benzene ring substituents is 1. The highest BCUT2D eigenvalue weighted by Gasteiger charge is 2.25. The maximum Gasteiger partial charge on any atom is 0.338 e. The number of esters is 1. The third kappa shape index (κ3) is 6.93. The van der Waals surface area contributed by atoms with E-state index in [1.807, 2.05) is 47.4 Å². The molecule has 204 valence electrons. The molecule has 39 heavy (non-hydrogen) atoms. The number of nitrogens with zero attached hydrogens (tertiary/aromatic N) is 3. The summed E-state index contributed by atoms with van der Waals surface area (Å²) in [5, 5.41) is 14.5. The van der Waals surface area contributed by atoms with Gasteiger partial charge in [0.15, 0.2) is 6.61 Å². The van der Waals surface area contributed by atoms with E-state index in [4.69, 9.17) is 4.74 Å². The van der Waals surface area contributed by atoms with Crippen LogP contribution in [-0.2, 0) is 9.53 Å². The van der Waals surface area contributed by atoms with Gasteiger partial charge in [0.05, 0.1) is 10.5 Å². The van der Waals surface area contributed by atoms with E-state index in [9.17, 15) is 19.7 Å². The second kappa shape index (κ2) is 12.4. The topological polar surface area (TPSA) is 105 Å². The molecule has 1 amide bonds. The van der Waals surface area contributed by atoms with Crippen LogP contribution in [0.15, 0.2) is 72.8 Å². The summed E-state index contributed by atoms with van der Waals surface area (Å²) in [5.74, 6) is -0.860. The van der Waals surface area contributed by atoms with Gasteiger partial charge < -0.3 is 19.9 Å². The van der Waals surface area contributed by atoms with Gasteiger partial charge in [0.2, 0.25) is 0 Å². The molecule has 0 unspecified atom stereocenters. The zero-order valence-electron chi connectivity index (χ0n) is 22.5. The van der Waals surface area contributed by atoms with Crippen LogP contribution >= 0.6 is 0 Å². The maximum absolute atomic E-state index is 12.6. The van der Waals surface area contributed by atoms with Crippen molar-refractivity contribution in [3.8, 4) is 0 Å². The summed E-state index contributed by atoms with van der Waals surface area (Å²) in [7, 11) is 0. The smallest absolute Gasteiger partial charge is 0.338 e. The number of benzene rings is 3. The van der Waals surface area contributed by atoms with Gasteiger partial charge in [0, 0.05) is 42.3 Å². The first-order chi connectivity index (χ1) is 18.7. The number of nitro groups is 1. The summed E-state index contributed by atoms with van der Waals surface area (Å²) < 4.78 is 5.16. The zero-order chi connectivity index (χ0) is 27.9. The van der Waals surface area contributed by atoms with Gasteiger partial charge in [-0.05, 0) is 81.1 Å². The lowest BCUT2D eigenvalue weighted by molar-refractivity contribution is -0.384. The summed E-state index contributed by atoms with van der Waals surface area (Å²) in [6.45, 7) is 7.28. The molecule has 4 rings (SSSR count). The molecule has 1 N–H and O–H groups in total. The Morgan fingerprint density at radius 1 is 1.08 bits per heavy atom. The molecule has 0 aliphatic carbocycles.